The summed E-state index contributed by atoms with van der Waals surface area (Å²) in [5.41, 5.74) is 1.21. The first-order chi connectivity index (χ1) is 12.9. The number of ether oxygens (including phenoxy) is 1. The number of esters is 1. The fourth-order valence-electron chi connectivity index (χ4n) is 2.33. The van der Waals surface area contributed by atoms with Crippen LogP contribution in [0.2, 0.25) is 0 Å². The molecule has 0 bridgehead atoms. The molecular weight excluding hydrogens is 416 g/mol. The van der Waals surface area contributed by atoms with Crippen molar-refractivity contribution in [2.75, 3.05) is 7.11 Å². The van der Waals surface area contributed by atoms with Crippen LogP contribution in [0.1, 0.15) is 23.6 Å². The molecule has 0 heterocycles. The van der Waals surface area contributed by atoms with Crippen molar-refractivity contribution in [1.29, 1.82) is 0 Å². The van der Waals surface area contributed by atoms with Crippen molar-refractivity contribution in [3.8, 4) is 0 Å². The van der Waals surface area contributed by atoms with Crippen LogP contribution in [0.25, 0.3) is 6.08 Å². The number of nitro groups is 1. The second-order valence-corrected chi connectivity index (χ2v) is 6.49. The summed E-state index contributed by atoms with van der Waals surface area (Å²) in [7, 11) is 1.28. The third-order valence-electron chi connectivity index (χ3n) is 3.70. The number of methoxy groups -OCH3 is 1. The number of carbonyl (C=O) groups excluding carboxylic acids is 2. The topological polar surface area (TPSA) is 98.5 Å². The van der Waals surface area contributed by atoms with Gasteiger partial charge in [-0.2, -0.15) is 0 Å². The lowest BCUT2D eigenvalue weighted by molar-refractivity contribution is -0.384. The molecule has 0 fully saturated rings. The van der Waals surface area contributed by atoms with Crippen molar-refractivity contribution in [2.45, 2.75) is 12.5 Å². The number of nitro benzene ring substituents is 1. The number of non-ortho nitro benzene ring substituents is 1. The van der Waals surface area contributed by atoms with Crippen LogP contribution in [0.5, 0.6) is 0 Å². The second-order valence-electron chi connectivity index (χ2n) is 5.58. The molecule has 7 nitrogen and oxygen atoms in total. The zero-order valence-corrected chi connectivity index (χ0v) is 16.0. The van der Waals surface area contributed by atoms with Gasteiger partial charge in [-0.1, -0.05) is 40.2 Å². The Morgan fingerprint density at radius 1 is 1.26 bits per heavy atom. The molecule has 0 saturated carbocycles. The number of benzene rings is 2. The van der Waals surface area contributed by atoms with E-state index < -0.39 is 22.8 Å². The van der Waals surface area contributed by atoms with E-state index in [-0.39, 0.29) is 12.1 Å². The minimum atomic E-state index is -0.562. The van der Waals surface area contributed by atoms with E-state index in [0.717, 1.165) is 10.0 Å². The Kier molecular flexibility index (Phi) is 7.25. The van der Waals surface area contributed by atoms with Gasteiger partial charge in [-0.15, -0.1) is 0 Å². The number of hydrogen-bond donors (Lipinski definition) is 1. The number of halogens is 1. The molecule has 1 amide bonds. The zero-order chi connectivity index (χ0) is 19.8. The fraction of sp³-hybridized carbons (Fsp3) is 0.158. The Balaban J connectivity index is 2.12. The average molecular weight is 433 g/mol. The van der Waals surface area contributed by atoms with Gasteiger partial charge in [-0.25, -0.2) is 0 Å². The largest absolute Gasteiger partial charge is 0.469 e. The van der Waals surface area contributed by atoms with E-state index in [1.54, 1.807) is 18.2 Å². The van der Waals surface area contributed by atoms with Gasteiger partial charge in [0, 0.05) is 22.7 Å². The highest BCUT2D eigenvalue weighted by Crippen LogP contribution is 2.20. The molecule has 0 aromatic heterocycles. The lowest BCUT2D eigenvalue weighted by Crippen LogP contribution is -2.29. The third kappa shape index (κ3) is 6.34. The Hall–Kier alpha value is -3.00. The molecule has 27 heavy (non-hydrogen) atoms. The number of carbonyl (C=O) groups is 2. The maximum atomic E-state index is 12.3. The highest BCUT2D eigenvalue weighted by atomic mass is 79.9. The summed E-state index contributed by atoms with van der Waals surface area (Å²) in [6.07, 6.45) is 2.72. The van der Waals surface area contributed by atoms with Gasteiger partial charge in [0.25, 0.3) is 5.69 Å². The maximum Gasteiger partial charge on any atom is 0.307 e. The minimum absolute atomic E-state index is 0.0193. The molecule has 0 aliphatic carbocycles. The molecule has 2 aromatic rings. The lowest BCUT2D eigenvalue weighted by atomic mass is 10.0. The first kappa shape index (κ1) is 20.3. The Labute approximate surface area is 164 Å². The number of nitrogens with zero attached hydrogens (tertiary/aromatic N) is 1. The molecular formula is C19H17BrN2O5. The summed E-state index contributed by atoms with van der Waals surface area (Å²) in [5.74, 6) is -0.885. The SMILES string of the molecule is COC(=O)CC(NC(=O)/C=C/c1cccc([N+](=O)[O-])c1)c1ccc(Br)cc1. The smallest absolute Gasteiger partial charge is 0.307 e. The summed E-state index contributed by atoms with van der Waals surface area (Å²) in [6.45, 7) is 0. The summed E-state index contributed by atoms with van der Waals surface area (Å²) in [5, 5.41) is 13.6. The Bertz CT molecular complexity index is 865. The molecule has 0 spiro atoms. The van der Waals surface area contributed by atoms with Gasteiger partial charge in [0.15, 0.2) is 0 Å². The van der Waals surface area contributed by atoms with Crippen LogP contribution < -0.4 is 5.32 Å². The molecule has 0 saturated heterocycles. The van der Waals surface area contributed by atoms with Crippen LogP contribution in [0.3, 0.4) is 0 Å². The van der Waals surface area contributed by atoms with Gasteiger partial charge >= 0.3 is 5.97 Å². The van der Waals surface area contributed by atoms with E-state index in [9.17, 15) is 19.7 Å². The highest BCUT2D eigenvalue weighted by molar-refractivity contribution is 9.10. The Morgan fingerprint density at radius 3 is 2.59 bits per heavy atom. The first-order valence-corrected chi connectivity index (χ1v) is 8.73. The van der Waals surface area contributed by atoms with Gasteiger partial charge in [0.05, 0.1) is 24.5 Å². The monoisotopic (exact) mass is 432 g/mol. The number of rotatable bonds is 7. The van der Waals surface area contributed by atoms with E-state index in [0.29, 0.717) is 5.56 Å². The van der Waals surface area contributed by atoms with Gasteiger partial charge < -0.3 is 10.1 Å². The summed E-state index contributed by atoms with van der Waals surface area (Å²) in [4.78, 5) is 34.2. The molecule has 1 N–H and O–H groups in total. The number of hydrogen-bond acceptors (Lipinski definition) is 5. The van der Waals surface area contributed by atoms with Crippen LogP contribution in [0, 0.1) is 10.1 Å². The first-order valence-electron chi connectivity index (χ1n) is 7.94. The van der Waals surface area contributed by atoms with Crippen molar-refractivity contribution >= 4 is 39.6 Å². The van der Waals surface area contributed by atoms with Gasteiger partial charge in [-0.3, -0.25) is 19.7 Å². The van der Waals surface area contributed by atoms with E-state index in [2.05, 4.69) is 21.2 Å². The standard InChI is InChI=1S/C19H17BrN2O5/c1-27-19(24)12-17(14-6-8-15(20)9-7-14)21-18(23)10-5-13-3-2-4-16(11-13)22(25)26/h2-11,17H,12H2,1H3,(H,21,23)/b10-5+. The predicted molar refractivity (Wildman–Crippen MR) is 104 cm³/mol. The molecule has 1 atom stereocenters. The highest BCUT2D eigenvalue weighted by Gasteiger charge is 2.18. The van der Waals surface area contributed by atoms with Crippen molar-refractivity contribution in [3.05, 3.63) is 80.3 Å². The van der Waals surface area contributed by atoms with Gasteiger partial charge in [-0.05, 0) is 29.3 Å². The number of amides is 1. The molecule has 0 aliphatic heterocycles. The van der Waals surface area contributed by atoms with Crippen molar-refractivity contribution < 1.29 is 19.2 Å². The van der Waals surface area contributed by atoms with Crippen molar-refractivity contribution in [3.63, 3.8) is 0 Å². The fourth-order valence-corrected chi connectivity index (χ4v) is 2.60. The van der Waals surface area contributed by atoms with E-state index >= 15 is 0 Å². The molecule has 0 radical (unpaired) electrons. The van der Waals surface area contributed by atoms with Crippen LogP contribution in [-0.2, 0) is 14.3 Å². The maximum absolute atomic E-state index is 12.3. The van der Waals surface area contributed by atoms with Crippen LogP contribution in [0.4, 0.5) is 5.69 Å². The molecule has 1 unspecified atom stereocenters. The van der Waals surface area contributed by atoms with Crippen molar-refractivity contribution in [1.82, 2.24) is 5.32 Å². The molecule has 0 aliphatic rings. The number of nitrogens with one attached hydrogen (secondary N) is 1. The van der Waals surface area contributed by atoms with Crippen molar-refractivity contribution in [2.24, 2.45) is 0 Å². The minimum Gasteiger partial charge on any atom is -0.469 e. The molecule has 2 rings (SSSR count). The lowest BCUT2D eigenvalue weighted by Gasteiger charge is -2.17. The van der Waals surface area contributed by atoms with E-state index in [1.165, 1.54) is 37.5 Å². The second kappa shape index (κ2) is 9.63. The summed E-state index contributed by atoms with van der Waals surface area (Å²) < 4.78 is 5.57. The van der Waals surface area contributed by atoms with Crippen LogP contribution >= 0.6 is 15.9 Å². The van der Waals surface area contributed by atoms with E-state index in [1.807, 2.05) is 12.1 Å². The molecule has 140 valence electrons. The normalized spacial score (nSPS) is 11.8. The van der Waals surface area contributed by atoms with Crippen LogP contribution in [0.15, 0.2) is 59.1 Å². The quantitative estimate of drug-likeness (QED) is 0.310. The zero-order valence-electron chi connectivity index (χ0n) is 14.4. The Morgan fingerprint density at radius 2 is 1.96 bits per heavy atom. The summed E-state index contributed by atoms with van der Waals surface area (Å²) in [6, 6.07) is 12.6. The summed E-state index contributed by atoms with van der Waals surface area (Å²) >= 11 is 3.34. The van der Waals surface area contributed by atoms with E-state index in [4.69, 9.17) is 4.74 Å². The molecule has 8 heteroatoms. The molecule has 2 aromatic carbocycles. The predicted octanol–water partition coefficient (Wildman–Crippen LogP) is 3.79. The van der Waals surface area contributed by atoms with Crippen LogP contribution in [-0.4, -0.2) is 23.9 Å². The van der Waals surface area contributed by atoms with Gasteiger partial charge in [0.2, 0.25) is 5.91 Å². The average Bonchev–Trinajstić information content (AvgIpc) is 2.66. The third-order valence-corrected chi connectivity index (χ3v) is 4.22. The van der Waals surface area contributed by atoms with Gasteiger partial charge in [0.1, 0.15) is 0 Å².